The molecule has 0 saturated heterocycles. The Kier molecular flexibility index (Phi) is 5.64. The second-order valence-corrected chi connectivity index (χ2v) is 6.36. The Hall–Kier alpha value is -3.74. The molecule has 1 aromatic heterocycles. The molecular weight excluding hydrogens is 356 g/mol. The molecule has 0 aliphatic rings. The molecule has 0 spiro atoms. The first kappa shape index (κ1) is 19.0. The number of benzene rings is 2. The number of carbonyl (C=O) groups is 3. The van der Waals surface area contributed by atoms with Crippen molar-refractivity contribution in [2.45, 2.75) is 19.4 Å². The zero-order valence-corrected chi connectivity index (χ0v) is 15.3. The van der Waals surface area contributed by atoms with E-state index in [4.69, 9.17) is 5.73 Å². The van der Waals surface area contributed by atoms with Crippen LogP contribution < -0.4 is 11.1 Å². The van der Waals surface area contributed by atoms with Crippen LogP contribution in [0.25, 0.3) is 11.4 Å². The highest BCUT2D eigenvalue weighted by Crippen LogP contribution is 2.18. The van der Waals surface area contributed by atoms with Gasteiger partial charge in [0.2, 0.25) is 5.78 Å². The fourth-order valence-corrected chi connectivity index (χ4v) is 2.89. The molecule has 2 amide bonds. The third kappa shape index (κ3) is 4.32. The molecule has 7 nitrogen and oxygen atoms in total. The number of carbonyl (C=O) groups excluding carboxylic acids is 3. The molecule has 7 heteroatoms. The maximum Gasteiger partial charge on any atom is 0.327 e. The van der Waals surface area contributed by atoms with E-state index in [1.165, 1.54) is 4.57 Å². The molecule has 0 radical (unpaired) electrons. The average Bonchev–Trinajstić information content (AvgIpc) is 3.10. The third-order valence-electron chi connectivity index (χ3n) is 4.22. The largest absolute Gasteiger partial charge is 0.363 e. The maximum atomic E-state index is 12.9. The van der Waals surface area contributed by atoms with Gasteiger partial charge in [0, 0.05) is 18.2 Å². The van der Waals surface area contributed by atoms with Crippen LogP contribution in [0.4, 0.5) is 4.79 Å². The first-order valence-electron chi connectivity index (χ1n) is 8.75. The van der Waals surface area contributed by atoms with Gasteiger partial charge < -0.3 is 11.1 Å². The lowest BCUT2D eigenvalue weighted by Gasteiger charge is -2.17. The molecule has 0 aliphatic carbocycles. The van der Waals surface area contributed by atoms with Gasteiger partial charge in [-0.2, -0.15) is 0 Å². The standard InChI is InChI=1S/C21H20N4O3/c1-14-13-25(20(23-14)16-10-6-3-7-11-16)21(28)24-17(18(26)19(22)27)12-15-8-4-2-5-9-15/h2-11,13,17H,12H2,1H3,(H2,22,27)(H,24,28). The fourth-order valence-electron chi connectivity index (χ4n) is 2.89. The summed E-state index contributed by atoms with van der Waals surface area (Å²) in [7, 11) is 0. The summed E-state index contributed by atoms with van der Waals surface area (Å²) < 4.78 is 1.33. The highest BCUT2D eigenvalue weighted by molar-refractivity contribution is 6.37. The van der Waals surface area contributed by atoms with E-state index in [0.717, 1.165) is 11.1 Å². The minimum atomic E-state index is -1.09. The molecule has 1 unspecified atom stereocenters. The van der Waals surface area contributed by atoms with Gasteiger partial charge in [0.15, 0.2) is 0 Å². The lowest BCUT2D eigenvalue weighted by molar-refractivity contribution is -0.137. The Morgan fingerprint density at radius 3 is 2.25 bits per heavy atom. The first-order chi connectivity index (χ1) is 13.5. The summed E-state index contributed by atoms with van der Waals surface area (Å²) in [5.74, 6) is -1.50. The molecule has 0 aliphatic heterocycles. The van der Waals surface area contributed by atoms with Crippen LogP contribution in [0.3, 0.4) is 0 Å². The van der Waals surface area contributed by atoms with E-state index < -0.39 is 23.8 Å². The van der Waals surface area contributed by atoms with E-state index in [-0.39, 0.29) is 6.42 Å². The number of aromatic nitrogens is 2. The van der Waals surface area contributed by atoms with Crippen molar-refractivity contribution in [2.75, 3.05) is 0 Å². The van der Waals surface area contributed by atoms with Crippen LogP contribution in [0.5, 0.6) is 0 Å². The molecule has 0 saturated carbocycles. The van der Waals surface area contributed by atoms with Crippen molar-refractivity contribution in [1.29, 1.82) is 0 Å². The van der Waals surface area contributed by atoms with Gasteiger partial charge in [-0.3, -0.25) is 14.2 Å². The molecule has 1 atom stereocenters. The van der Waals surface area contributed by atoms with Gasteiger partial charge in [0.1, 0.15) is 11.9 Å². The number of ketones is 1. The minimum absolute atomic E-state index is 0.155. The Bertz CT molecular complexity index is 997. The van der Waals surface area contributed by atoms with Crippen molar-refractivity contribution in [2.24, 2.45) is 5.73 Å². The molecule has 3 N–H and O–H groups in total. The number of hydrogen-bond acceptors (Lipinski definition) is 4. The summed E-state index contributed by atoms with van der Waals surface area (Å²) in [6, 6.07) is 16.7. The van der Waals surface area contributed by atoms with E-state index >= 15 is 0 Å². The Labute approximate surface area is 162 Å². The van der Waals surface area contributed by atoms with Crippen LogP contribution in [0.15, 0.2) is 66.9 Å². The van der Waals surface area contributed by atoms with Crippen molar-refractivity contribution < 1.29 is 14.4 Å². The van der Waals surface area contributed by atoms with E-state index in [0.29, 0.717) is 11.5 Å². The molecular formula is C21H20N4O3. The zero-order valence-electron chi connectivity index (χ0n) is 15.3. The Morgan fingerprint density at radius 1 is 1.04 bits per heavy atom. The van der Waals surface area contributed by atoms with Crippen molar-refractivity contribution in [3.63, 3.8) is 0 Å². The van der Waals surface area contributed by atoms with Gasteiger partial charge in [-0.25, -0.2) is 9.78 Å². The summed E-state index contributed by atoms with van der Waals surface area (Å²) >= 11 is 0. The fraction of sp³-hybridized carbons (Fsp3) is 0.143. The van der Waals surface area contributed by atoms with E-state index in [9.17, 15) is 14.4 Å². The maximum absolute atomic E-state index is 12.9. The van der Waals surface area contributed by atoms with Crippen LogP contribution in [-0.4, -0.2) is 33.3 Å². The van der Waals surface area contributed by atoms with Crippen molar-refractivity contribution in [3.8, 4) is 11.4 Å². The average molecular weight is 376 g/mol. The summed E-state index contributed by atoms with van der Waals surface area (Å²) in [5.41, 5.74) is 7.37. The summed E-state index contributed by atoms with van der Waals surface area (Å²) in [6.07, 6.45) is 1.73. The number of imidazole rings is 1. The van der Waals surface area contributed by atoms with Crippen molar-refractivity contribution >= 4 is 17.7 Å². The first-order valence-corrected chi connectivity index (χ1v) is 8.75. The number of aryl methyl sites for hydroxylation is 1. The van der Waals surface area contributed by atoms with E-state index in [1.54, 1.807) is 13.1 Å². The lowest BCUT2D eigenvalue weighted by atomic mass is 10.0. The number of nitrogens with zero attached hydrogens (tertiary/aromatic N) is 2. The van der Waals surface area contributed by atoms with Gasteiger partial charge in [-0.05, 0) is 12.5 Å². The highest BCUT2D eigenvalue weighted by Gasteiger charge is 2.27. The predicted molar refractivity (Wildman–Crippen MR) is 104 cm³/mol. The number of Topliss-reactive ketones (excluding diaryl/α,β-unsaturated/α-hetero) is 1. The lowest BCUT2D eigenvalue weighted by Crippen LogP contribution is -2.48. The number of rotatable bonds is 6. The third-order valence-corrected chi connectivity index (χ3v) is 4.22. The van der Waals surface area contributed by atoms with Gasteiger partial charge in [0.05, 0.1) is 5.69 Å². The quantitative estimate of drug-likeness (QED) is 0.642. The van der Waals surface area contributed by atoms with Crippen LogP contribution in [0.2, 0.25) is 0 Å². The zero-order chi connectivity index (χ0) is 20.1. The van der Waals surface area contributed by atoms with Gasteiger partial charge in [0.25, 0.3) is 5.91 Å². The van der Waals surface area contributed by atoms with Gasteiger partial charge in [-0.1, -0.05) is 60.7 Å². The second kappa shape index (κ2) is 8.30. The van der Waals surface area contributed by atoms with Crippen molar-refractivity contribution in [3.05, 3.63) is 78.1 Å². The topological polar surface area (TPSA) is 107 Å². The summed E-state index contributed by atoms with van der Waals surface area (Å²) in [5, 5.41) is 2.62. The van der Waals surface area contributed by atoms with Crippen LogP contribution in [0, 0.1) is 6.92 Å². The number of nitrogens with one attached hydrogen (secondary N) is 1. The van der Waals surface area contributed by atoms with Crippen molar-refractivity contribution in [1.82, 2.24) is 14.9 Å². The van der Waals surface area contributed by atoms with E-state index in [2.05, 4.69) is 10.3 Å². The normalized spacial score (nSPS) is 11.6. The van der Waals surface area contributed by atoms with Gasteiger partial charge in [-0.15, -0.1) is 0 Å². The molecule has 3 aromatic rings. The smallest absolute Gasteiger partial charge is 0.327 e. The minimum Gasteiger partial charge on any atom is -0.363 e. The number of hydrogen-bond donors (Lipinski definition) is 2. The number of amides is 2. The van der Waals surface area contributed by atoms with Crippen LogP contribution in [0.1, 0.15) is 11.3 Å². The Morgan fingerprint density at radius 2 is 1.64 bits per heavy atom. The van der Waals surface area contributed by atoms with E-state index in [1.807, 2.05) is 60.7 Å². The Balaban J connectivity index is 1.88. The number of nitrogens with two attached hydrogens (primary N) is 1. The monoisotopic (exact) mass is 376 g/mol. The summed E-state index contributed by atoms with van der Waals surface area (Å²) in [6.45, 7) is 1.77. The summed E-state index contributed by atoms with van der Waals surface area (Å²) in [4.78, 5) is 41.0. The van der Waals surface area contributed by atoms with Crippen LogP contribution >= 0.6 is 0 Å². The molecule has 1 heterocycles. The second-order valence-electron chi connectivity index (χ2n) is 6.36. The molecule has 142 valence electrons. The molecule has 2 aromatic carbocycles. The van der Waals surface area contributed by atoms with Crippen LogP contribution in [-0.2, 0) is 16.0 Å². The predicted octanol–water partition coefficient (Wildman–Crippen LogP) is 2.08. The highest BCUT2D eigenvalue weighted by atomic mass is 16.2. The molecule has 0 bridgehead atoms. The SMILES string of the molecule is Cc1cn(C(=O)NC(Cc2ccccc2)C(=O)C(N)=O)c(-c2ccccc2)n1. The molecule has 3 rings (SSSR count). The molecule has 0 fully saturated rings. The molecule has 28 heavy (non-hydrogen) atoms. The van der Waals surface area contributed by atoms with Gasteiger partial charge >= 0.3 is 6.03 Å². The number of primary amides is 1.